The zero-order valence-electron chi connectivity index (χ0n) is 17.7. The summed E-state index contributed by atoms with van der Waals surface area (Å²) in [6.45, 7) is 5.98. The maximum atomic E-state index is 12.1. The average molecular weight is 434 g/mol. The third-order valence-electron chi connectivity index (χ3n) is 4.55. The number of carbonyl (C=O) groups is 1. The molecular formula is C22H23N7OS. The first-order valence-corrected chi connectivity index (χ1v) is 10.7. The number of benzene rings is 1. The van der Waals surface area contributed by atoms with Gasteiger partial charge in [-0.2, -0.15) is 0 Å². The quantitative estimate of drug-likeness (QED) is 0.414. The van der Waals surface area contributed by atoms with Gasteiger partial charge in [0.1, 0.15) is 15.7 Å². The van der Waals surface area contributed by atoms with Gasteiger partial charge in [-0.1, -0.05) is 0 Å². The lowest BCUT2D eigenvalue weighted by atomic mass is 10.2. The van der Waals surface area contributed by atoms with Crippen LogP contribution in [-0.4, -0.2) is 38.9 Å². The van der Waals surface area contributed by atoms with Crippen molar-refractivity contribution in [3.8, 4) is 10.6 Å². The fourth-order valence-electron chi connectivity index (χ4n) is 3.15. The third kappa shape index (κ3) is 4.46. The van der Waals surface area contributed by atoms with E-state index >= 15 is 0 Å². The fraction of sp³-hybridized carbons (Fsp3) is 0.227. The van der Waals surface area contributed by atoms with Crippen LogP contribution < -0.4 is 16.0 Å². The van der Waals surface area contributed by atoms with E-state index in [9.17, 15) is 4.79 Å². The Labute approximate surface area is 184 Å². The van der Waals surface area contributed by atoms with E-state index in [4.69, 9.17) is 0 Å². The molecule has 3 heterocycles. The van der Waals surface area contributed by atoms with Gasteiger partial charge in [-0.05, 0) is 39.0 Å². The Hall–Kier alpha value is -3.59. The van der Waals surface area contributed by atoms with Crippen molar-refractivity contribution in [3.63, 3.8) is 0 Å². The van der Waals surface area contributed by atoms with Crippen molar-refractivity contribution in [2.45, 2.75) is 26.8 Å². The lowest BCUT2D eigenvalue weighted by Crippen LogP contribution is -2.17. The van der Waals surface area contributed by atoms with E-state index in [0.29, 0.717) is 16.4 Å². The summed E-state index contributed by atoms with van der Waals surface area (Å²) in [5, 5.41) is 10.2. The molecule has 0 fully saturated rings. The molecule has 4 rings (SSSR count). The summed E-state index contributed by atoms with van der Waals surface area (Å²) in [5.41, 5.74) is 4.97. The Morgan fingerprint density at radius 2 is 1.84 bits per heavy atom. The van der Waals surface area contributed by atoms with Crippen LogP contribution >= 0.6 is 11.3 Å². The van der Waals surface area contributed by atoms with Crippen LogP contribution in [0.2, 0.25) is 0 Å². The van der Waals surface area contributed by atoms with Crippen LogP contribution in [0.5, 0.6) is 0 Å². The molecule has 0 aliphatic rings. The molecule has 9 heteroatoms. The molecule has 4 aromatic rings. The van der Waals surface area contributed by atoms with Gasteiger partial charge in [0.2, 0.25) is 0 Å². The number of thiazole rings is 1. The number of fused-ring (bicyclic) bond motifs is 1. The minimum Gasteiger partial charge on any atom is -0.382 e. The van der Waals surface area contributed by atoms with Crippen molar-refractivity contribution in [1.82, 2.24) is 25.3 Å². The van der Waals surface area contributed by atoms with Gasteiger partial charge in [0.15, 0.2) is 0 Å². The van der Waals surface area contributed by atoms with Gasteiger partial charge in [-0.15, -0.1) is 11.3 Å². The van der Waals surface area contributed by atoms with E-state index in [1.54, 1.807) is 25.6 Å². The minimum absolute atomic E-state index is 0.134. The number of anilines is 3. The second-order valence-electron chi connectivity index (χ2n) is 7.31. The Kier molecular flexibility index (Phi) is 5.77. The van der Waals surface area contributed by atoms with E-state index < -0.39 is 0 Å². The number of pyridine rings is 1. The lowest BCUT2D eigenvalue weighted by molar-refractivity contribution is 0.0966. The van der Waals surface area contributed by atoms with Crippen LogP contribution in [0.3, 0.4) is 0 Å². The van der Waals surface area contributed by atoms with Gasteiger partial charge in [0.05, 0.1) is 22.3 Å². The first-order valence-electron chi connectivity index (χ1n) is 9.89. The normalized spacial score (nSPS) is 11.0. The topological polar surface area (TPSA) is 105 Å². The maximum Gasteiger partial charge on any atom is 0.263 e. The van der Waals surface area contributed by atoms with Crippen LogP contribution in [0.25, 0.3) is 21.6 Å². The smallest absolute Gasteiger partial charge is 0.263 e. The van der Waals surface area contributed by atoms with E-state index in [-0.39, 0.29) is 11.9 Å². The molecule has 0 unspecified atom stereocenters. The summed E-state index contributed by atoms with van der Waals surface area (Å²) in [7, 11) is 1.62. The molecule has 1 aromatic carbocycles. The molecule has 0 aliphatic carbocycles. The van der Waals surface area contributed by atoms with Crippen molar-refractivity contribution in [2.24, 2.45) is 0 Å². The molecule has 158 valence electrons. The molecule has 31 heavy (non-hydrogen) atoms. The molecule has 1 amide bonds. The molecule has 8 nitrogen and oxygen atoms in total. The average Bonchev–Trinajstić information content (AvgIpc) is 3.14. The lowest BCUT2D eigenvalue weighted by Gasteiger charge is -2.15. The van der Waals surface area contributed by atoms with Crippen LogP contribution in [0.1, 0.15) is 29.2 Å². The van der Waals surface area contributed by atoms with E-state index in [2.05, 4.69) is 49.7 Å². The third-order valence-corrected chi connectivity index (χ3v) is 5.74. The van der Waals surface area contributed by atoms with Crippen molar-refractivity contribution >= 4 is 45.5 Å². The van der Waals surface area contributed by atoms with Gasteiger partial charge in [-0.3, -0.25) is 14.8 Å². The first-order chi connectivity index (χ1) is 14.9. The first kappa shape index (κ1) is 20.7. The molecule has 0 bridgehead atoms. The van der Waals surface area contributed by atoms with Crippen LogP contribution in [0.4, 0.5) is 17.2 Å². The molecule has 0 spiro atoms. The number of aromatic nitrogens is 4. The van der Waals surface area contributed by atoms with Gasteiger partial charge in [0.25, 0.3) is 5.91 Å². The Bertz CT molecular complexity index is 1250. The second kappa shape index (κ2) is 8.65. The number of nitrogens with zero attached hydrogens (tertiary/aromatic N) is 4. The predicted molar refractivity (Wildman–Crippen MR) is 125 cm³/mol. The van der Waals surface area contributed by atoms with Crippen molar-refractivity contribution in [2.75, 3.05) is 17.7 Å². The van der Waals surface area contributed by atoms with Gasteiger partial charge in [-0.25, -0.2) is 9.97 Å². The van der Waals surface area contributed by atoms with Crippen LogP contribution in [0, 0.1) is 6.92 Å². The number of nitrogens with one attached hydrogen (secondary N) is 3. The molecule has 0 saturated carbocycles. The molecular weight excluding hydrogens is 410 g/mol. The van der Waals surface area contributed by atoms with Gasteiger partial charge < -0.3 is 16.0 Å². The summed E-state index contributed by atoms with van der Waals surface area (Å²) >= 11 is 1.36. The predicted octanol–water partition coefficient (Wildman–Crippen LogP) is 4.38. The highest BCUT2D eigenvalue weighted by atomic mass is 32.1. The molecule has 3 aromatic heterocycles. The highest BCUT2D eigenvalue weighted by molar-refractivity contribution is 7.17. The zero-order chi connectivity index (χ0) is 22.0. The van der Waals surface area contributed by atoms with E-state index in [1.165, 1.54) is 11.3 Å². The van der Waals surface area contributed by atoms with Crippen molar-refractivity contribution in [1.29, 1.82) is 0 Å². The van der Waals surface area contributed by atoms with E-state index in [0.717, 1.165) is 33.0 Å². The van der Waals surface area contributed by atoms with Crippen molar-refractivity contribution in [3.05, 3.63) is 53.4 Å². The van der Waals surface area contributed by atoms with Crippen LogP contribution in [0.15, 0.2) is 42.9 Å². The highest BCUT2D eigenvalue weighted by Gasteiger charge is 2.18. The standard InChI is InChI=1S/C22H23N7OS/c1-12(2)27-17-10-19(29-14-5-6-16-18(9-14)25-8-7-24-16)26-11-15(17)22-28-13(3)20(31-22)21(30)23-4/h5-12H,1-4H3,(H,23,30)(H2,26,27,29). The summed E-state index contributed by atoms with van der Waals surface area (Å²) < 4.78 is 0. The molecule has 0 radical (unpaired) electrons. The monoisotopic (exact) mass is 433 g/mol. The summed E-state index contributed by atoms with van der Waals surface area (Å²) in [5.74, 6) is 0.556. The number of rotatable bonds is 6. The molecule has 0 saturated heterocycles. The zero-order valence-corrected chi connectivity index (χ0v) is 18.5. The maximum absolute atomic E-state index is 12.1. The Morgan fingerprint density at radius 3 is 2.58 bits per heavy atom. The molecule has 0 atom stereocenters. The number of hydrogen-bond acceptors (Lipinski definition) is 8. The summed E-state index contributed by atoms with van der Waals surface area (Å²) in [4.78, 5) is 30.5. The fourth-order valence-corrected chi connectivity index (χ4v) is 4.19. The number of hydrogen-bond donors (Lipinski definition) is 3. The van der Waals surface area contributed by atoms with Gasteiger partial charge in [0, 0.05) is 49.1 Å². The SMILES string of the molecule is CNC(=O)c1sc(-c2cnc(Nc3ccc4nccnc4c3)cc2NC(C)C)nc1C. The summed E-state index contributed by atoms with van der Waals surface area (Å²) in [6, 6.07) is 7.97. The van der Waals surface area contributed by atoms with Gasteiger partial charge >= 0.3 is 0 Å². The minimum atomic E-state index is -0.134. The number of amides is 1. The second-order valence-corrected chi connectivity index (χ2v) is 8.31. The molecule has 3 N–H and O–H groups in total. The Balaban J connectivity index is 1.69. The highest BCUT2D eigenvalue weighted by Crippen LogP contribution is 2.35. The number of aryl methyl sites for hydroxylation is 1. The number of carbonyl (C=O) groups excluding carboxylic acids is 1. The van der Waals surface area contributed by atoms with Crippen molar-refractivity contribution < 1.29 is 4.79 Å². The van der Waals surface area contributed by atoms with Crippen LogP contribution in [-0.2, 0) is 0 Å². The largest absolute Gasteiger partial charge is 0.382 e. The summed E-state index contributed by atoms with van der Waals surface area (Å²) in [6.07, 6.45) is 5.13. The van der Waals surface area contributed by atoms with E-state index in [1.807, 2.05) is 31.2 Å². The Morgan fingerprint density at radius 1 is 1.06 bits per heavy atom. The molecule has 0 aliphatic heterocycles.